The maximum Gasteiger partial charge on any atom is 0.339 e. The van der Waals surface area contributed by atoms with Crippen molar-refractivity contribution in [1.82, 2.24) is 24.1 Å². The minimum Gasteiger partial charge on any atom is -0.492 e. The van der Waals surface area contributed by atoms with Crippen LogP contribution in [0.15, 0.2) is 47.3 Å². The number of ether oxygens (including phenoxy) is 1. The molecule has 0 spiro atoms. The molecule has 5 rings (SSSR count). The quantitative estimate of drug-likeness (QED) is 0.329. The zero-order valence-corrected chi connectivity index (χ0v) is 18.7. The lowest BCUT2D eigenvalue weighted by Crippen LogP contribution is -2.34. The second-order valence-electron chi connectivity index (χ2n) is 7.85. The summed E-state index contributed by atoms with van der Waals surface area (Å²) >= 11 is 0. The number of hydrogen-bond acceptors (Lipinski definition) is 7. The number of aromatic nitrogens is 4. The minimum absolute atomic E-state index is 0.185. The normalized spacial score (nSPS) is 14.1. The number of rotatable bonds is 5. The van der Waals surface area contributed by atoms with E-state index in [1.807, 2.05) is 13.0 Å². The van der Waals surface area contributed by atoms with Crippen molar-refractivity contribution in [1.29, 1.82) is 0 Å². The Morgan fingerprint density at radius 2 is 1.74 bits per heavy atom. The third-order valence-corrected chi connectivity index (χ3v) is 5.70. The number of benzene rings is 2. The van der Waals surface area contributed by atoms with Crippen molar-refractivity contribution in [2.24, 2.45) is 7.05 Å². The molecule has 1 fully saturated rings. The Balaban J connectivity index is 1.59. The van der Waals surface area contributed by atoms with E-state index >= 15 is 0 Å². The van der Waals surface area contributed by atoms with Crippen LogP contribution in [-0.2, 0) is 23.2 Å². The fourth-order valence-electron chi connectivity index (χ4n) is 4.08. The summed E-state index contributed by atoms with van der Waals surface area (Å²) in [4.78, 5) is 53.2. The van der Waals surface area contributed by atoms with Gasteiger partial charge in [-0.2, -0.15) is 0 Å². The van der Waals surface area contributed by atoms with Gasteiger partial charge in [-0.3, -0.25) is 23.4 Å². The number of aryl methyl sites for hydroxylation is 2. The molecule has 2 aromatic heterocycles. The van der Waals surface area contributed by atoms with Crippen molar-refractivity contribution in [3.63, 3.8) is 0 Å². The zero-order valence-electron chi connectivity index (χ0n) is 18.7. The van der Waals surface area contributed by atoms with Gasteiger partial charge in [0.2, 0.25) is 5.78 Å². The topological polar surface area (TPSA) is 119 Å². The van der Waals surface area contributed by atoms with Crippen molar-refractivity contribution < 1.29 is 19.1 Å². The molecule has 4 aromatic rings. The van der Waals surface area contributed by atoms with Crippen LogP contribution in [0, 0.1) is 6.92 Å². The van der Waals surface area contributed by atoms with Gasteiger partial charge in [-0.15, -0.1) is 10.2 Å². The smallest absolute Gasteiger partial charge is 0.339 e. The van der Waals surface area contributed by atoms with Crippen LogP contribution < -0.4 is 15.2 Å². The Labute approximate surface area is 192 Å². The Kier molecular flexibility index (Phi) is 4.89. The second kappa shape index (κ2) is 7.80. The summed E-state index contributed by atoms with van der Waals surface area (Å²) < 4.78 is 8.49. The zero-order chi connectivity index (χ0) is 24.1. The fraction of sp³-hybridized carbons (Fsp3) is 0.217. The molecule has 1 saturated heterocycles. The van der Waals surface area contributed by atoms with Crippen molar-refractivity contribution in [2.45, 2.75) is 20.4 Å². The fourth-order valence-corrected chi connectivity index (χ4v) is 4.08. The lowest BCUT2D eigenvalue weighted by molar-refractivity contribution is -0.139. The standard InChI is InChI=1S/C23H20N6O5/c1-4-34-17-8-6-5-7-16(17)29-21(32)20(31)27(23(29)33)12-18-24-25-22-26(3)19(30)14-11-13(2)9-10-15(14)28(18)22/h5-11H,4,12H2,1-3H3. The van der Waals surface area contributed by atoms with Crippen LogP contribution in [0.1, 0.15) is 18.3 Å². The minimum atomic E-state index is -0.988. The van der Waals surface area contributed by atoms with Gasteiger partial charge in [-0.1, -0.05) is 23.8 Å². The first kappa shape index (κ1) is 21.3. The van der Waals surface area contributed by atoms with E-state index in [4.69, 9.17) is 4.74 Å². The van der Waals surface area contributed by atoms with Crippen LogP contribution in [0.4, 0.5) is 10.5 Å². The molecule has 11 nitrogen and oxygen atoms in total. The first-order valence-corrected chi connectivity index (χ1v) is 10.6. The van der Waals surface area contributed by atoms with Crippen LogP contribution in [0.2, 0.25) is 0 Å². The summed E-state index contributed by atoms with van der Waals surface area (Å²) in [6, 6.07) is 11.0. The molecule has 0 saturated carbocycles. The van der Waals surface area contributed by atoms with Crippen LogP contribution in [0.25, 0.3) is 16.7 Å². The Hall–Kier alpha value is -4.54. The maximum atomic E-state index is 13.2. The molecule has 0 unspecified atom stereocenters. The lowest BCUT2D eigenvalue weighted by atomic mass is 10.1. The molecule has 0 radical (unpaired) electrons. The Morgan fingerprint density at radius 3 is 2.50 bits per heavy atom. The van der Waals surface area contributed by atoms with Gasteiger partial charge in [0.25, 0.3) is 5.56 Å². The summed E-state index contributed by atoms with van der Waals surface area (Å²) in [5.41, 5.74) is 1.38. The highest BCUT2D eigenvalue weighted by molar-refractivity contribution is 6.52. The lowest BCUT2D eigenvalue weighted by Gasteiger charge is -2.18. The van der Waals surface area contributed by atoms with Crippen molar-refractivity contribution in [3.05, 3.63) is 64.2 Å². The molecule has 0 aliphatic carbocycles. The van der Waals surface area contributed by atoms with Gasteiger partial charge in [0.15, 0.2) is 5.82 Å². The molecule has 0 bridgehead atoms. The van der Waals surface area contributed by atoms with Gasteiger partial charge in [-0.05, 0) is 38.1 Å². The maximum absolute atomic E-state index is 13.2. The molecule has 4 amide bonds. The van der Waals surface area contributed by atoms with E-state index in [0.717, 1.165) is 15.4 Å². The van der Waals surface area contributed by atoms with Gasteiger partial charge in [0.05, 0.1) is 29.7 Å². The van der Waals surface area contributed by atoms with Gasteiger partial charge in [0.1, 0.15) is 5.75 Å². The summed E-state index contributed by atoms with van der Waals surface area (Å²) in [7, 11) is 1.57. The third-order valence-electron chi connectivity index (χ3n) is 5.70. The number of nitrogens with zero attached hydrogens (tertiary/aromatic N) is 6. The van der Waals surface area contributed by atoms with Gasteiger partial charge in [0, 0.05) is 7.05 Å². The van der Waals surface area contributed by atoms with Crippen molar-refractivity contribution in [3.8, 4) is 5.75 Å². The number of hydrogen-bond donors (Lipinski definition) is 0. The molecule has 172 valence electrons. The van der Waals surface area contributed by atoms with Crippen LogP contribution >= 0.6 is 0 Å². The molecule has 11 heteroatoms. The van der Waals surface area contributed by atoms with Crippen LogP contribution in [-0.4, -0.2) is 48.5 Å². The summed E-state index contributed by atoms with van der Waals surface area (Å²) in [5.74, 6) is -1.18. The van der Waals surface area contributed by atoms with Crippen molar-refractivity contribution >= 4 is 40.2 Å². The van der Waals surface area contributed by atoms with E-state index in [1.165, 1.54) is 10.6 Å². The monoisotopic (exact) mass is 460 g/mol. The molecule has 3 heterocycles. The predicted molar refractivity (Wildman–Crippen MR) is 122 cm³/mol. The van der Waals surface area contributed by atoms with Gasteiger partial charge in [-0.25, -0.2) is 14.6 Å². The van der Waals surface area contributed by atoms with E-state index in [1.54, 1.807) is 48.7 Å². The third kappa shape index (κ3) is 3.04. The van der Waals surface area contributed by atoms with E-state index in [2.05, 4.69) is 10.2 Å². The first-order chi connectivity index (χ1) is 16.3. The number of anilines is 1. The number of carbonyl (C=O) groups excluding carboxylic acids is 3. The Morgan fingerprint density at radius 1 is 0.971 bits per heavy atom. The number of imide groups is 2. The highest BCUT2D eigenvalue weighted by atomic mass is 16.5. The van der Waals surface area contributed by atoms with E-state index < -0.39 is 17.8 Å². The number of urea groups is 1. The first-order valence-electron chi connectivity index (χ1n) is 10.6. The number of para-hydroxylation sites is 2. The average Bonchev–Trinajstić information content (AvgIpc) is 3.33. The van der Waals surface area contributed by atoms with Crippen LogP contribution in [0.3, 0.4) is 0 Å². The predicted octanol–water partition coefficient (Wildman–Crippen LogP) is 1.78. The molecule has 1 aliphatic heterocycles. The van der Waals surface area contributed by atoms with E-state index in [9.17, 15) is 19.2 Å². The van der Waals surface area contributed by atoms with E-state index in [-0.39, 0.29) is 29.4 Å². The molecule has 2 aromatic carbocycles. The van der Waals surface area contributed by atoms with Crippen molar-refractivity contribution in [2.75, 3.05) is 11.5 Å². The summed E-state index contributed by atoms with van der Waals surface area (Å²) in [6.45, 7) is 3.66. The number of carbonyl (C=O) groups is 3. The second-order valence-corrected chi connectivity index (χ2v) is 7.85. The molecule has 1 aliphatic rings. The van der Waals surface area contributed by atoms with Crippen LogP contribution in [0.5, 0.6) is 5.75 Å². The van der Waals surface area contributed by atoms with E-state index in [0.29, 0.717) is 23.3 Å². The number of fused-ring (bicyclic) bond motifs is 3. The summed E-state index contributed by atoms with van der Waals surface area (Å²) in [5, 5.41) is 8.65. The molecular weight excluding hydrogens is 440 g/mol. The highest BCUT2D eigenvalue weighted by Crippen LogP contribution is 2.32. The summed E-state index contributed by atoms with van der Waals surface area (Å²) in [6.07, 6.45) is 0. The molecule has 0 N–H and O–H groups in total. The number of amides is 4. The highest BCUT2D eigenvalue weighted by Gasteiger charge is 2.47. The Bertz CT molecular complexity index is 1570. The van der Waals surface area contributed by atoms with Gasteiger partial charge >= 0.3 is 17.8 Å². The molecule has 34 heavy (non-hydrogen) atoms. The molecular formula is C23H20N6O5. The van der Waals surface area contributed by atoms with Gasteiger partial charge < -0.3 is 4.74 Å². The molecule has 0 atom stereocenters. The largest absolute Gasteiger partial charge is 0.492 e. The SMILES string of the molecule is CCOc1ccccc1N1C(=O)C(=O)N(Cc2nnc3n(C)c(=O)c4cc(C)ccc4n23)C1=O. The average molecular weight is 460 g/mol.